The SMILES string of the molecule is CC(=O)Oc1ccccc1C(=O)O.CC(C)Cc1ccc(C(C)C(=O)O)cc1.CC(C)Cc1ccc(C(C)C(=O)O)cc1.CCCC(CCC)C(=O)O.O=C(O)C(=O)O.O=C(O)C(=O)O.O=C(O)C(=O)O.O=C(O)C(Cl)Cl.O=C(O)C(Cl)Cl.[NH-]C1CCCCC1[NH-].[NH-]C1CCCCC1[NH-].[NH-]C1CCCCC1[NH-].[Pt+2].[Pt+2].[Pt+2]. The smallest absolute Gasteiger partial charge is 0.676 e. The van der Waals surface area contributed by atoms with Crippen LogP contribution >= 0.6 is 46.4 Å². The van der Waals surface area contributed by atoms with E-state index in [1.54, 1.807) is 26.0 Å². The van der Waals surface area contributed by atoms with Crippen LogP contribution in [0.15, 0.2) is 72.8 Å². The topological polar surface area (TPSA) is 617 Å². The van der Waals surface area contributed by atoms with Crippen molar-refractivity contribution < 1.29 is 192 Å². The number of aromatic carboxylic acids is 1. The number of nitrogens with one attached hydrogen (secondary N) is 6. The Bertz CT molecular complexity index is 2830. The van der Waals surface area contributed by atoms with Gasteiger partial charge in [-0.2, -0.15) is 36.3 Å². The van der Waals surface area contributed by atoms with Gasteiger partial charge in [0.15, 0.2) is 0 Å². The van der Waals surface area contributed by atoms with Gasteiger partial charge in [0.25, 0.3) is 0 Å². The van der Waals surface area contributed by atoms with Crippen molar-refractivity contribution in [2.75, 3.05) is 0 Å². The molecule has 39 heteroatoms. The first-order valence-corrected chi connectivity index (χ1v) is 35.3. The predicted octanol–water partition coefficient (Wildman–Crippen LogP) is 16.2. The second kappa shape index (κ2) is 73.0. The number of halogens is 4. The van der Waals surface area contributed by atoms with Crippen LogP contribution in [-0.4, -0.2) is 185 Å². The third-order valence-corrected chi connectivity index (χ3v) is 14.9. The van der Waals surface area contributed by atoms with Crippen molar-refractivity contribution in [3.05, 3.63) is 135 Å². The fourth-order valence-electron chi connectivity index (χ4n) is 8.48. The van der Waals surface area contributed by atoms with E-state index >= 15 is 0 Å². The molecule has 0 spiro atoms. The third-order valence-electron chi connectivity index (χ3n) is 14.2. The molecule has 3 aliphatic carbocycles. The fraction of sp³-hybridized carbons (Fsp3) is 0.563. The number of aliphatic carboxylic acids is 11. The van der Waals surface area contributed by atoms with Crippen LogP contribution in [0.25, 0.3) is 34.4 Å². The first kappa shape index (κ1) is 122. The van der Waals surface area contributed by atoms with Crippen LogP contribution in [0.2, 0.25) is 0 Å². The molecule has 0 radical (unpaired) electrons. The Labute approximate surface area is 704 Å². The molecule has 8 unspecified atom stereocenters. The van der Waals surface area contributed by atoms with E-state index in [9.17, 15) is 33.6 Å². The minimum atomic E-state index is -1.82. The van der Waals surface area contributed by atoms with Crippen LogP contribution < -0.4 is 4.74 Å². The Kier molecular flexibility index (Phi) is 80.9. The summed E-state index contributed by atoms with van der Waals surface area (Å²) in [6, 6.07) is 21.2. The number of ether oxygens (including phenoxy) is 1. The summed E-state index contributed by atoms with van der Waals surface area (Å²) in [5, 5.41) is 94.8. The number of hydrogen-bond acceptors (Lipinski definition) is 14. The Morgan fingerprint density at radius 1 is 0.382 bits per heavy atom. The molecule has 634 valence electrons. The largest absolute Gasteiger partial charge is 2.00 e. The number of carbonyl (C=O) groups is 13. The van der Waals surface area contributed by atoms with Gasteiger partial charge in [0.2, 0.25) is 9.67 Å². The number of hydrogen-bond donors (Lipinski definition) is 12. The second-order valence-electron chi connectivity index (χ2n) is 24.4. The van der Waals surface area contributed by atoms with Crippen LogP contribution in [-0.2, 0) is 134 Å². The molecule has 3 aromatic rings. The van der Waals surface area contributed by atoms with E-state index in [4.69, 9.17) is 171 Å². The van der Waals surface area contributed by atoms with Gasteiger partial charge in [-0.05, 0) is 85.8 Å². The number of carboxylic acids is 12. The Morgan fingerprint density at radius 3 is 0.764 bits per heavy atom. The number of benzene rings is 3. The zero-order valence-electron chi connectivity index (χ0n) is 62.2. The molecule has 3 fully saturated rings. The molecule has 6 rings (SSSR count). The van der Waals surface area contributed by atoms with Crippen molar-refractivity contribution in [1.82, 2.24) is 0 Å². The minimum absolute atomic E-state index is 0. The van der Waals surface area contributed by atoms with Gasteiger partial charge in [-0.25, -0.2) is 43.2 Å². The van der Waals surface area contributed by atoms with Crippen molar-refractivity contribution in [3.8, 4) is 5.75 Å². The van der Waals surface area contributed by atoms with E-state index in [1.807, 2.05) is 62.4 Å². The molecule has 32 nitrogen and oxygen atoms in total. The zero-order valence-corrected chi connectivity index (χ0v) is 72.0. The maximum atomic E-state index is 10.8. The maximum absolute atomic E-state index is 10.8. The van der Waals surface area contributed by atoms with Gasteiger partial charge in [0.1, 0.15) is 11.3 Å². The maximum Gasteiger partial charge on any atom is 2.00 e. The Balaban J connectivity index is -0.000000147. The standard InChI is InChI=1S/2C13H18O2.C9H8O4.C8H16O2.3C6H12N2.2C2H2Cl2O2.3C2H2O4.3Pt/c2*1-9(2)8-11-4-6-12(7-5-11)10(3)13(14)15;1-6(10)13-8-5-3-2-4-7(8)9(11)12;1-3-5-7(6-4-2)8(9)10;3*7-5-3-1-2-4-6(5)8;5*3-1(4)2(5)6;;;/h2*4-7,9-10H,8H2,1-3H3,(H,14,15);2-5H,1H3,(H,11,12);7H,3-6H2,1-2H3,(H,9,10);3*5-8H,1-4H2;2*1H,(H,5,6);3*(H,3,4)(H,5,6);;;/q;;;;3*-2;;;;;;3*+2. The van der Waals surface area contributed by atoms with Crippen LogP contribution in [0.3, 0.4) is 0 Å². The van der Waals surface area contributed by atoms with E-state index in [0.717, 1.165) is 88.2 Å². The van der Waals surface area contributed by atoms with Crippen molar-refractivity contribution in [3.63, 3.8) is 0 Å². The van der Waals surface area contributed by atoms with Gasteiger partial charge in [-0.1, -0.05) is 239 Å². The number of esters is 1. The van der Waals surface area contributed by atoms with Gasteiger partial charge in [0, 0.05) is 6.92 Å². The molecular formula is C71H106Cl4N6O26Pt3. The van der Waals surface area contributed by atoms with Gasteiger partial charge < -0.3 is 100 Å². The zero-order chi connectivity index (χ0) is 84.4. The van der Waals surface area contributed by atoms with Gasteiger partial charge in [-0.3, -0.25) is 19.2 Å². The monoisotopic (exact) mass is 2180 g/mol. The molecule has 0 amide bonds. The van der Waals surface area contributed by atoms with Crippen molar-refractivity contribution in [2.24, 2.45) is 17.8 Å². The average Bonchev–Trinajstić information content (AvgIpc) is 0.881. The summed E-state index contributed by atoms with van der Waals surface area (Å²) in [5.74, 6) is -16.8. The summed E-state index contributed by atoms with van der Waals surface area (Å²) >= 11 is 19.1. The first-order valence-electron chi connectivity index (χ1n) is 33.5. The molecule has 8 atom stereocenters. The predicted molar refractivity (Wildman–Crippen MR) is 404 cm³/mol. The first-order chi connectivity index (χ1) is 49.5. The van der Waals surface area contributed by atoms with Crippen molar-refractivity contribution in [1.29, 1.82) is 0 Å². The summed E-state index contributed by atoms with van der Waals surface area (Å²) in [6.45, 7) is 17.4. The molecule has 110 heavy (non-hydrogen) atoms. The average molecular weight is 2190 g/mol. The molecule has 0 aliphatic heterocycles. The van der Waals surface area contributed by atoms with Crippen molar-refractivity contribution in [2.45, 2.75) is 236 Å². The molecule has 3 aromatic carbocycles. The van der Waals surface area contributed by atoms with E-state index in [0.29, 0.717) is 11.8 Å². The third kappa shape index (κ3) is 72.0. The van der Waals surface area contributed by atoms with Crippen LogP contribution in [0.4, 0.5) is 0 Å². The number of rotatable bonds is 17. The van der Waals surface area contributed by atoms with Crippen LogP contribution in [0, 0.1) is 17.8 Å². The van der Waals surface area contributed by atoms with Crippen molar-refractivity contribution >= 4 is 124 Å². The summed E-state index contributed by atoms with van der Waals surface area (Å²) < 4.78 is 4.69. The van der Waals surface area contributed by atoms with Gasteiger partial charge >= 0.3 is 141 Å². The number of para-hydroxylation sites is 1. The number of carbonyl (C=O) groups excluding carboxylic acids is 1. The van der Waals surface area contributed by atoms with Crippen LogP contribution in [0.1, 0.15) is 209 Å². The van der Waals surface area contributed by atoms with E-state index in [-0.39, 0.29) is 117 Å². The molecule has 18 N–H and O–H groups in total. The van der Waals surface area contributed by atoms with E-state index < -0.39 is 99.1 Å². The summed E-state index contributed by atoms with van der Waals surface area (Å²) in [7, 11) is 0. The summed E-state index contributed by atoms with van der Waals surface area (Å²) in [4.78, 5) is 124. The Hall–Kier alpha value is -6.25. The minimum Gasteiger partial charge on any atom is -0.676 e. The molecule has 3 aliphatic rings. The number of alkyl halides is 4. The molecule has 0 heterocycles. The summed E-state index contributed by atoms with van der Waals surface area (Å²) in [6.07, 6.45) is 18.4. The van der Waals surface area contributed by atoms with E-state index in [2.05, 4.69) is 32.4 Å². The molecule has 0 bridgehead atoms. The normalized spacial score (nSPS) is 16.4. The van der Waals surface area contributed by atoms with Crippen LogP contribution in [0.5, 0.6) is 5.75 Å². The second-order valence-corrected chi connectivity index (χ2v) is 26.6. The number of carboxylic acid groups (broad SMARTS) is 12. The van der Waals surface area contributed by atoms with Gasteiger partial charge in [-0.15, -0.1) is 0 Å². The Morgan fingerprint density at radius 2 is 0.609 bits per heavy atom. The molecule has 0 saturated heterocycles. The van der Waals surface area contributed by atoms with E-state index in [1.165, 1.54) is 68.7 Å². The molecular weight excluding hydrogens is 2080 g/mol. The molecule has 3 saturated carbocycles. The van der Waals surface area contributed by atoms with Gasteiger partial charge in [0.05, 0.1) is 17.8 Å². The fourth-order valence-corrected chi connectivity index (χ4v) is 8.48. The summed E-state index contributed by atoms with van der Waals surface area (Å²) in [5.41, 5.74) is 48.0. The molecule has 0 aromatic heterocycles. The quantitative estimate of drug-likeness (QED) is 0.0258.